The standard InChI is InChI=1S/C14H13NO4/c1-17-14-7-11(19-15-14)8-18-10-3-4-12-9(6-10)2-5-13(12)16/h3-4,6-7H,2,5,8H2,1H3. The van der Waals surface area contributed by atoms with Crippen molar-refractivity contribution in [2.45, 2.75) is 19.4 Å². The second-order valence-electron chi connectivity index (χ2n) is 4.37. The van der Waals surface area contributed by atoms with Crippen LogP contribution in [0, 0.1) is 0 Å². The SMILES string of the molecule is COc1cc(COc2ccc3c(c2)CCC3=O)on1. The highest BCUT2D eigenvalue weighted by molar-refractivity contribution is 6.00. The Morgan fingerprint density at radius 2 is 2.21 bits per heavy atom. The molecule has 3 rings (SSSR count). The van der Waals surface area contributed by atoms with Crippen LogP contribution in [0.5, 0.6) is 11.6 Å². The fraction of sp³-hybridized carbons (Fsp3) is 0.286. The monoisotopic (exact) mass is 259 g/mol. The fourth-order valence-corrected chi connectivity index (χ4v) is 2.13. The van der Waals surface area contributed by atoms with Crippen molar-refractivity contribution in [3.8, 4) is 11.6 Å². The van der Waals surface area contributed by atoms with Gasteiger partial charge in [-0.2, -0.15) is 0 Å². The predicted octanol–water partition coefficient (Wildman–Crippen LogP) is 2.39. The number of aryl methyl sites for hydroxylation is 1. The number of nitrogens with zero attached hydrogens (tertiary/aromatic N) is 1. The molecule has 1 aromatic carbocycles. The second kappa shape index (κ2) is 4.76. The molecule has 5 heteroatoms. The van der Waals surface area contributed by atoms with E-state index in [1.807, 2.05) is 12.1 Å². The number of benzene rings is 1. The van der Waals surface area contributed by atoms with Gasteiger partial charge in [-0.15, -0.1) is 0 Å². The zero-order valence-electron chi connectivity index (χ0n) is 10.5. The zero-order valence-corrected chi connectivity index (χ0v) is 10.5. The summed E-state index contributed by atoms with van der Waals surface area (Å²) in [5, 5.41) is 3.69. The minimum atomic E-state index is 0.210. The smallest absolute Gasteiger partial charge is 0.254 e. The molecule has 0 N–H and O–H groups in total. The molecule has 0 aliphatic heterocycles. The summed E-state index contributed by atoms with van der Waals surface area (Å²) in [6, 6.07) is 7.21. The highest BCUT2D eigenvalue weighted by Crippen LogP contribution is 2.26. The van der Waals surface area contributed by atoms with Crippen molar-refractivity contribution >= 4 is 5.78 Å². The highest BCUT2D eigenvalue weighted by Gasteiger charge is 2.19. The van der Waals surface area contributed by atoms with E-state index in [0.717, 1.165) is 23.3 Å². The summed E-state index contributed by atoms with van der Waals surface area (Å²) < 4.78 is 15.6. The van der Waals surface area contributed by atoms with Gasteiger partial charge in [-0.3, -0.25) is 4.79 Å². The van der Waals surface area contributed by atoms with Crippen LogP contribution in [0.25, 0.3) is 0 Å². The molecule has 1 aliphatic rings. The normalized spacial score (nSPS) is 13.4. The average Bonchev–Trinajstić information content (AvgIpc) is 3.03. The Morgan fingerprint density at radius 1 is 1.32 bits per heavy atom. The Labute approximate surface area is 110 Å². The van der Waals surface area contributed by atoms with E-state index >= 15 is 0 Å². The number of aromatic nitrogens is 1. The van der Waals surface area contributed by atoms with Gasteiger partial charge in [0.1, 0.15) is 12.4 Å². The van der Waals surface area contributed by atoms with Crippen LogP contribution in [-0.2, 0) is 13.0 Å². The lowest BCUT2D eigenvalue weighted by atomic mass is 10.1. The van der Waals surface area contributed by atoms with Crippen molar-refractivity contribution in [1.82, 2.24) is 5.16 Å². The van der Waals surface area contributed by atoms with Gasteiger partial charge in [0.25, 0.3) is 5.88 Å². The summed E-state index contributed by atoms with van der Waals surface area (Å²) in [7, 11) is 1.53. The summed E-state index contributed by atoms with van der Waals surface area (Å²) in [5.74, 6) is 1.96. The van der Waals surface area contributed by atoms with Crippen LogP contribution in [0.3, 0.4) is 0 Å². The lowest BCUT2D eigenvalue weighted by Gasteiger charge is -2.05. The maximum absolute atomic E-state index is 11.5. The first-order valence-electron chi connectivity index (χ1n) is 6.05. The van der Waals surface area contributed by atoms with Gasteiger partial charge in [-0.25, -0.2) is 0 Å². The number of methoxy groups -OCH3 is 1. The first-order chi connectivity index (χ1) is 9.26. The van der Waals surface area contributed by atoms with E-state index in [4.69, 9.17) is 14.0 Å². The number of rotatable bonds is 4. The maximum atomic E-state index is 11.5. The number of Topliss-reactive ketones (excluding diaryl/α,β-unsaturated/α-hetero) is 1. The number of fused-ring (bicyclic) bond motifs is 1. The number of ether oxygens (including phenoxy) is 2. The first-order valence-corrected chi connectivity index (χ1v) is 6.05. The van der Waals surface area contributed by atoms with E-state index in [0.29, 0.717) is 18.1 Å². The van der Waals surface area contributed by atoms with Crippen LogP contribution in [0.1, 0.15) is 28.1 Å². The minimum absolute atomic E-state index is 0.210. The third kappa shape index (κ3) is 2.31. The summed E-state index contributed by atoms with van der Waals surface area (Å²) in [6.45, 7) is 0.281. The number of carbonyl (C=O) groups excluding carboxylic acids is 1. The van der Waals surface area contributed by atoms with Crippen molar-refractivity contribution in [2.24, 2.45) is 0 Å². The van der Waals surface area contributed by atoms with E-state index in [2.05, 4.69) is 5.16 Å². The van der Waals surface area contributed by atoms with Crippen molar-refractivity contribution in [3.63, 3.8) is 0 Å². The van der Waals surface area contributed by atoms with Crippen molar-refractivity contribution < 1.29 is 18.8 Å². The number of ketones is 1. The number of hydrogen-bond donors (Lipinski definition) is 0. The van der Waals surface area contributed by atoms with Crippen LogP contribution in [0.4, 0.5) is 0 Å². The zero-order chi connectivity index (χ0) is 13.2. The van der Waals surface area contributed by atoms with Gasteiger partial charge in [0.05, 0.1) is 7.11 Å². The van der Waals surface area contributed by atoms with Crippen LogP contribution in [0.15, 0.2) is 28.8 Å². The predicted molar refractivity (Wildman–Crippen MR) is 66.5 cm³/mol. The Morgan fingerprint density at radius 3 is 3.00 bits per heavy atom. The van der Waals surface area contributed by atoms with Gasteiger partial charge in [-0.1, -0.05) is 0 Å². The number of carbonyl (C=O) groups is 1. The molecule has 5 nitrogen and oxygen atoms in total. The Bertz CT molecular complexity index is 618. The molecule has 0 unspecified atom stereocenters. The summed E-state index contributed by atoms with van der Waals surface area (Å²) in [4.78, 5) is 11.5. The van der Waals surface area contributed by atoms with Gasteiger partial charge < -0.3 is 14.0 Å². The molecule has 98 valence electrons. The maximum Gasteiger partial charge on any atom is 0.254 e. The second-order valence-corrected chi connectivity index (χ2v) is 4.37. The van der Waals surface area contributed by atoms with Gasteiger partial charge in [0.15, 0.2) is 11.5 Å². The largest absolute Gasteiger partial charge is 0.486 e. The third-order valence-corrected chi connectivity index (χ3v) is 3.13. The van der Waals surface area contributed by atoms with Crippen molar-refractivity contribution in [2.75, 3.05) is 7.11 Å². The fourth-order valence-electron chi connectivity index (χ4n) is 2.13. The Balaban J connectivity index is 1.69. The van der Waals surface area contributed by atoms with Gasteiger partial charge in [0, 0.05) is 18.1 Å². The Kier molecular flexibility index (Phi) is 2.95. The molecule has 19 heavy (non-hydrogen) atoms. The highest BCUT2D eigenvalue weighted by atomic mass is 16.5. The molecule has 0 spiro atoms. The summed E-state index contributed by atoms with van der Waals surface area (Å²) in [5.41, 5.74) is 1.87. The molecule has 0 atom stereocenters. The van der Waals surface area contributed by atoms with Gasteiger partial charge >= 0.3 is 0 Å². The van der Waals surface area contributed by atoms with E-state index in [9.17, 15) is 4.79 Å². The van der Waals surface area contributed by atoms with Crippen LogP contribution >= 0.6 is 0 Å². The topological polar surface area (TPSA) is 61.6 Å². The van der Waals surface area contributed by atoms with Crippen LogP contribution in [-0.4, -0.2) is 18.0 Å². The molecular formula is C14H13NO4. The van der Waals surface area contributed by atoms with E-state index in [1.54, 1.807) is 12.1 Å². The molecule has 1 heterocycles. The minimum Gasteiger partial charge on any atom is -0.486 e. The molecule has 1 aliphatic carbocycles. The average molecular weight is 259 g/mol. The Hall–Kier alpha value is -2.30. The molecule has 0 radical (unpaired) electrons. The molecule has 0 amide bonds. The van der Waals surface area contributed by atoms with Gasteiger partial charge in [0.2, 0.25) is 0 Å². The molecule has 0 saturated heterocycles. The number of hydrogen-bond acceptors (Lipinski definition) is 5. The first kappa shape index (κ1) is 11.8. The van der Waals surface area contributed by atoms with Crippen LogP contribution in [0.2, 0.25) is 0 Å². The summed E-state index contributed by atoms with van der Waals surface area (Å²) in [6.07, 6.45) is 1.39. The molecular weight excluding hydrogens is 246 g/mol. The van der Waals surface area contributed by atoms with E-state index in [-0.39, 0.29) is 12.4 Å². The lowest BCUT2D eigenvalue weighted by Crippen LogP contribution is -1.96. The molecule has 0 bridgehead atoms. The summed E-state index contributed by atoms with van der Waals surface area (Å²) >= 11 is 0. The van der Waals surface area contributed by atoms with Gasteiger partial charge in [-0.05, 0) is 35.3 Å². The van der Waals surface area contributed by atoms with E-state index < -0.39 is 0 Å². The molecule has 1 aromatic heterocycles. The lowest BCUT2D eigenvalue weighted by molar-refractivity contribution is 0.0994. The molecule has 0 saturated carbocycles. The van der Waals surface area contributed by atoms with Crippen molar-refractivity contribution in [1.29, 1.82) is 0 Å². The quantitative estimate of drug-likeness (QED) is 0.843. The van der Waals surface area contributed by atoms with Crippen LogP contribution < -0.4 is 9.47 Å². The van der Waals surface area contributed by atoms with Crippen molar-refractivity contribution in [3.05, 3.63) is 41.2 Å². The third-order valence-electron chi connectivity index (χ3n) is 3.13. The van der Waals surface area contributed by atoms with E-state index in [1.165, 1.54) is 7.11 Å². The molecule has 0 fully saturated rings. The molecule has 2 aromatic rings.